The minimum absolute atomic E-state index is 0.570. The largest absolute Gasteiger partial charge is 0.334 e. The fraction of sp³-hybridized carbons (Fsp3) is 0.308. The van der Waals surface area contributed by atoms with Gasteiger partial charge in [-0.25, -0.2) is 9.97 Å². The van der Waals surface area contributed by atoms with Gasteiger partial charge < -0.3 is 4.98 Å². The van der Waals surface area contributed by atoms with Crippen LogP contribution in [0.5, 0.6) is 0 Å². The van der Waals surface area contributed by atoms with E-state index in [1.54, 1.807) is 0 Å². The lowest BCUT2D eigenvalue weighted by molar-refractivity contribution is 0.240. The maximum atomic E-state index is 5.05. The Kier molecular flexibility index (Phi) is 3.72. The maximum absolute atomic E-state index is 5.05. The van der Waals surface area contributed by atoms with Gasteiger partial charge in [0.05, 0.1) is 5.69 Å². The zero-order chi connectivity index (χ0) is 13.2. The van der Waals surface area contributed by atoms with Crippen LogP contribution in [0.25, 0.3) is 0 Å². The molecule has 3 heterocycles. The molecule has 4 nitrogen and oxygen atoms in total. The second-order valence-corrected chi connectivity index (χ2v) is 5.80. The molecule has 0 bridgehead atoms. The average molecular weight is 337 g/mol. The van der Waals surface area contributed by atoms with Gasteiger partial charge in [-0.05, 0) is 40.3 Å². The van der Waals surface area contributed by atoms with E-state index < -0.39 is 0 Å². The summed E-state index contributed by atoms with van der Waals surface area (Å²) in [6.07, 6.45) is 2.87. The molecular weight excluding hydrogens is 324 g/mol. The van der Waals surface area contributed by atoms with Crippen LogP contribution in [0.2, 0.25) is 0 Å². The number of rotatable bonds is 2. The molecule has 0 saturated heterocycles. The molecule has 1 N–H and O–H groups in total. The molecule has 0 atom stereocenters. The number of H-pyrrole nitrogens is 1. The highest BCUT2D eigenvalue weighted by Crippen LogP contribution is 2.18. The van der Waals surface area contributed by atoms with Crippen molar-refractivity contribution in [1.82, 2.24) is 19.9 Å². The Balaban J connectivity index is 1.75. The summed E-state index contributed by atoms with van der Waals surface area (Å²) < 4.78 is 1.45. The maximum Gasteiger partial charge on any atom is 0.196 e. The highest BCUT2D eigenvalue weighted by molar-refractivity contribution is 9.10. The zero-order valence-electron chi connectivity index (χ0n) is 10.3. The van der Waals surface area contributed by atoms with Crippen molar-refractivity contribution in [1.29, 1.82) is 0 Å². The summed E-state index contributed by atoms with van der Waals surface area (Å²) in [6.45, 7) is 2.76. The minimum atomic E-state index is 0.570. The Bertz CT molecular complexity index is 655. The molecule has 19 heavy (non-hydrogen) atoms. The second-order valence-electron chi connectivity index (χ2n) is 4.60. The highest BCUT2D eigenvalue weighted by atomic mass is 79.9. The lowest BCUT2D eigenvalue weighted by atomic mass is 10.1. The third kappa shape index (κ3) is 3.08. The molecular formula is C13H13BrN4S. The van der Waals surface area contributed by atoms with Crippen molar-refractivity contribution in [2.45, 2.75) is 19.5 Å². The van der Waals surface area contributed by atoms with Crippen molar-refractivity contribution in [2.75, 3.05) is 6.54 Å². The van der Waals surface area contributed by atoms with Crippen LogP contribution >= 0.6 is 28.1 Å². The lowest BCUT2D eigenvalue weighted by Crippen LogP contribution is -2.31. The molecule has 0 spiro atoms. The van der Waals surface area contributed by atoms with Crippen LogP contribution in [0.4, 0.5) is 0 Å². The first-order valence-corrected chi connectivity index (χ1v) is 7.32. The number of halogens is 1. The molecule has 0 unspecified atom stereocenters. The van der Waals surface area contributed by atoms with Crippen LogP contribution in [0.15, 0.2) is 29.0 Å². The van der Waals surface area contributed by atoms with Gasteiger partial charge in [-0.2, -0.15) is 0 Å². The molecule has 6 heteroatoms. The first-order valence-electron chi connectivity index (χ1n) is 6.11. The van der Waals surface area contributed by atoms with Crippen molar-refractivity contribution in [3.05, 3.63) is 50.7 Å². The van der Waals surface area contributed by atoms with E-state index in [9.17, 15) is 0 Å². The molecule has 2 aromatic heterocycles. The number of hydrogen-bond donors (Lipinski definition) is 1. The number of pyridine rings is 1. The van der Waals surface area contributed by atoms with E-state index in [2.05, 4.69) is 41.8 Å². The third-order valence-electron chi connectivity index (χ3n) is 3.21. The van der Waals surface area contributed by atoms with Gasteiger partial charge in [0.1, 0.15) is 4.60 Å². The molecule has 3 rings (SSSR count). The zero-order valence-corrected chi connectivity index (χ0v) is 12.7. The predicted octanol–water partition coefficient (Wildman–Crippen LogP) is 2.85. The lowest BCUT2D eigenvalue weighted by Gasteiger charge is -2.27. The number of aromatic amines is 1. The number of aromatic nitrogens is 3. The summed E-state index contributed by atoms with van der Waals surface area (Å²) in [6, 6.07) is 6.01. The van der Waals surface area contributed by atoms with Crippen LogP contribution in [-0.2, 0) is 19.5 Å². The Labute approximate surface area is 125 Å². The number of hydrogen-bond acceptors (Lipinski definition) is 4. The van der Waals surface area contributed by atoms with Crippen molar-refractivity contribution in [3.8, 4) is 0 Å². The van der Waals surface area contributed by atoms with Crippen molar-refractivity contribution in [3.63, 3.8) is 0 Å². The first-order chi connectivity index (χ1) is 9.20. The van der Waals surface area contributed by atoms with E-state index in [1.807, 2.05) is 18.3 Å². The van der Waals surface area contributed by atoms with Gasteiger partial charge >= 0.3 is 0 Å². The second kappa shape index (κ2) is 5.48. The van der Waals surface area contributed by atoms with Crippen molar-refractivity contribution < 1.29 is 0 Å². The molecule has 0 aromatic carbocycles. The summed E-state index contributed by atoms with van der Waals surface area (Å²) in [5, 5.41) is 0. The van der Waals surface area contributed by atoms with Gasteiger partial charge in [-0.3, -0.25) is 4.90 Å². The molecule has 1 aliphatic rings. The Morgan fingerprint density at radius 3 is 3.16 bits per heavy atom. The quantitative estimate of drug-likeness (QED) is 0.676. The number of fused-ring (bicyclic) bond motifs is 1. The van der Waals surface area contributed by atoms with E-state index in [0.29, 0.717) is 4.77 Å². The van der Waals surface area contributed by atoms with Gasteiger partial charge in [-0.1, -0.05) is 6.07 Å². The topological polar surface area (TPSA) is 44.8 Å². The van der Waals surface area contributed by atoms with Gasteiger partial charge in [0.2, 0.25) is 0 Å². The van der Waals surface area contributed by atoms with E-state index in [0.717, 1.165) is 36.4 Å². The fourth-order valence-corrected chi connectivity index (χ4v) is 2.86. The molecule has 1 aliphatic heterocycles. The van der Waals surface area contributed by atoms with E-state index in [1.165, 1.54) is 11.3 Å². The Morgan fingerprint density at radius 2 is 2.32 bits per heavy atom. The van der Waals surface area contributed by atoms with Gasteiger partial charge in [0.15, 0.2) is 4.77 Å². The first kappa shape index (κ1) is 12.9. The fourth-order valence-electron chi connectivity index (χ4n) is 2.31. The number of nitrogens with zero attached hydrogens (tertiary/aromatic N) is 3. The Hall–Kier alpha value is -1.11. The smallest absolute Gasteiger partial charge is 0.196 e. The predicted molar refractivity (Wildman–Crippen MR) is 79.2 cm³/mol. The minimum Gasteiger partial charge on any atom is -0.334 e. The summed E-state index contributed by atoms with van der Waals surface area (Å²) in [7, 11) is 0. The van der Waals surface area contributed by atoms with Crippen LogP contribution in [0.3, 0.4) is 0 Å². The summed E-state index contributed by atoms with van der Waals surface area (Å²) in [5.41, 5.74) is 3.53. The van der Waals surface area contributed by atoms with Crippen LogP contribution in [0, 0.1) is 4.77 Å². The average Bonchev–Trinajstić information content (AvgIpc) is 2.39. The Morgan fingerprint density at radius 1 is 1.42 bits per heavy atom. The van der Waals surface area contributed by atoms with Crippen LogP contribution < -0.4 is 0 Å². The van der Waals surface area contributed by atoms with Crippen molar-refractivity contribution in [2.24, 2.45) is 0 Å². The number of nitrogens with one attached hydrogen (secondary N) is 1. The van der Waals surface area contributed by atoms with Crippen LogP contribution in [-0.4, -0.2) is 26.4 Å². The van der Waals surface area contributed by atoms with E-state index >= 15 is 0 Å². The van der Waals surface area contributed by atoms with Gasteiger partial charge in [0.25, 0.3) is 0 Å². The van der Waals surface area contributed by atoms with E-state index in [4.69, 9.17) is 12.2 Å². The molecule has 0 aliphatic carbocycles. The summed E-state index contributed by atoms with van der Waals surface area (Å²) in [4.78, 5) is 14.2. The monoisotopic (exact) mass is 336 g/mol. The molecule has 0 saturated carbocycles. The SMILES string of the molecule is S=c1ncc2c([nH]1)CCN(Cc1cccc(Br)n1)C2. The van der Waals surface area contributed by atoms with Crippen LogP contribution in [0.1, 0.15) is 17.0 Å². The van der Waals surface area contributed by atoms with Crippen molar-refractivity contribution >= 4 is 28.1 Å². The van der Waals surface area contributed by atoms with Gasteiger partial charge in [0, 0.05) is 43.5 Å². The molecule has 0 amide bonds. The summed E-state index contributed by atoms with van der Waals surface area (Å²) in [5.74, 6) is 0. The molecule has 2 aromatic rings. The molecule has 98 valence electrons. The summed E-state index contributed by atoms with van der Waals surface area (Å²) >= 11 is 8.46. The highest BCUT2D eigenvalue weighted by Gasteiger charge is 2.17. The normalized spacial score (nSPS) is 15.2. The molecule has 0 radical (unpaired) electrons. The standard InChI is InChI=1S/C13H13BrN4S/c14-12-3-1-2-10(16-12)8-18-5-4-11-9(7-18)6-15-13(19)17-11/h1-3,6H,4-5,7-8H2,(H,15,17,19). The third-order valence-corrected chi connectivity index (χ3v) is 3.86. The molecule has 0 fully saturated rings. The van der Waals surface area contributed by atoms with E-state index in [-0.39, 0.29) is 0 Å². The van der Waals surface area contributed by atoms with Gasteiger partial charge in [-0.15, -0.1) is 0 Å².